The largest absolute Gasteiger partial charge is 0.598 e. The molecule has 0 aliphatic rings. The number of nitrogens with one attached hydrogen (secondary N) is 1. The lowest BCUT2D eigenvalue weighted by molar-refractivity contribution is 0.498. The third-order valence-electron chi connectivity index (χ3n) is 1.64. The van der Waals surface area contributed by atoms with Crippen molar-refractivity contribution in [2.45, 2.75) is 45.4 Å². The zero-order valence-corrected chi connectivity index (χ0v) is 9.87. The van der Waals surface area contributed by atoms with E-state index in [9.17, 15) is 4.55 Å². The van der Waals surface area contributed by atoms with Crippen molar-refractivity contribution in [3.8, 4) is 12.3 Å². The van der Waals surface area contributed by atoms with Gasteiger partial charge in [-0.2, -0.15) is 0 Å². The van der Waals surface area contributed by atoms with Crippen LogP contribution in [0.4, 0.5) is 0 Å². The molecule has 0 fully saturated rings. The Morgan fingerprint density at radius 3 is 2.08 bits per heavy atom. The van der Waals surface area contributed by atoms with Crippen LogP contribution >= 0.6 is 0 Å². The van der Waals surface area contributed by atoms with Gasteiger partial charge in [0.25, 0.3) is 0 Å². The molecular formula is C10H19NOS. The maximum absolute atomic E-state index is 11.6. The molecule has 0 rings (SSSR count). The van der Waals surface area contributed by atoms with E-state index in [1.54, 1.807) is 0 Å². The van der Waals surface area contributed by atoms with Crippen molar-refractivity contribution in [2.75, 3.05) is 0 Å². The highest BCUT2D eigenvalue weighted by molar-refractivity contribution is 7.90. The van der Waals surface area contributed by atoms with Crippen LogP contribution in [0.25, 0.3) is 0 Å². The molecule has 1 unspecified atom stereocenters. The summed E-state index contributed by atoms with van der Waals surface area (Å²) in [7, 11) is 0. The Morgan fingerprint density at radius 1 is 1.38 bits per heavy atom. The minimum absolute atomic E-state index is 0.111. The molecule has 0 aliphatic heterocycles. The highest BCUT2D eigenvalue weighted by atomic mass is 32.2. The van der Waals surface area contributed by atoms with Gasteiger partial charge in [-0.05, 0) is 26.7 Å². The monoisotopic (exact) mass is 201 g/mol. The summed E-state index contributed by atoms with van der Waals surface area (Å²) < 4.78 is 14.3. The standard InChI is InChI=1S/C10H19NOS/c1-7-9(8(2)3)11-13(12)10(4,5)6/h1,8-9,11H,2-6H3/t9-,13?/m1/s1. The minimum atomic E-state index is -1.08. The predicted octanol–water partition coefficient (Wildman–Crippen LogP) is 1.70. The van der Waals surface area contributed by atoms with Gasteiger partial charge in [0.1, 0.15) is 10.8 Å². The molecule has 0 spiro atoms. The lowest BCUT2D eigenvalue weighted by Crippen LogP contribution is -2.46. The normalized spacial score (nSPS) is 16.8. The van der Waals surface area contributed by atoms with E-state index in [1.807, 2.05) is 34.6 Å². The van der Waals surface area contributed by atoms with Crippen molar-refractivity contribution in [1.82, 2.24) is 4.72 Å². The lowest BCUT2D eigenvalue weighted by atomic mass is 10.1. The zero-order chi connectivity index (χ0) is 10.6. The molecule has 2 atom stereocenters. The topological polar surface area (TPSA) is 35.1 Å². The van der Waals surface area contributed by atoms with Crippen LogP contribution in [0.3, 0.4) is 0 Å². The molecule has 1 N–H and O–H groups in total. The van der Waals surface area contributed by atoms with Crippen LogP contribution < -0.4 is 4.72 Å². The summed E-state index contributed by atoms with van der Waals surface area (Å²) in [4.78, 5) is 0. The third-order valence-corrected chi connectivity index (χ3v) is 3.22. The Hall–Kier alpha value is -0.170. The van der Waals surface area contributed by atoms with Crippen LogP contribution in [0, 0.1) is 18.3 Å². The van der Waals surface area contributed by atoms with Gasteiger partial charge in [-0.1, -0.05) is 19.8 Å². The van der Waals surface area contributed by atoms with E-state index in [1.165, 1.54) is 0 Å². The van der Waals surface area contributed by atoms with Gasteiger partial charge in [0, 0.05) is 11.4 Å². The summed E-state index contributed by atoms with van der Waals surface area (Å²) >= 11 is -1.08. The molecule has 2 nitrogen and oxygen atoms in total. The molecule has 0 bridgehead atoms. The van der Waals surface area contributed by atoms with Gasteiger partial charge in [-0.25, -0.2) is 0 Å². The predicted molar refractivity (Wildman–Crippen MR) is 58.5 cm³/mol. The fourth-order valence-electron chi connectivity index (χ4n) is 0.655. The van der Waals surface area contributed by atoms with E-state index in [4.69, 9.17) is 6.42 Å². The molecule has 13 heavy (non-hydrogen) atoms. The number of hydrogen-bond acceptors (Lipinski definition) is 2. The average molecular weight is 201 g/mol. The first-order valence-electron chi connectivity index (χ1n) is 4.43. The summed E-state index contributed by atoms with van der Waals surface area (Å²) in [6.45, 7) is 9.78. The summed E-state index contributed by atoms with van der Waals surface area (Å²) in [6, 6.07) is -0.111. The summed E-state index contributed by atoms with van der Waals surface area (Å²) in [5, 5.41) is 0. The van der Waals surface area contributed by atoms with Gasteiger partial charge in [0.2, 0.25) is 0 Å². The van der Waals surface area contributed by atoms with Gasteiger partial charge in [-0.3, -0.25) is 0 Å². The Balaban J connectivity index is 4.20. The van der Waals surface area contributed by atoms with Crippen LogP contribution in [-0.2, 0) is 11.4 Å². The van der Waals surface area contributed by atoms with Crippen molar-refractivity contribution < 1.29 is 4.55 Å². The molecule has 76 valence electrons. The Morgan fingerprint density at radius 2 is 1.85 bits per heavy atom. The highest BCUT2D eigenvalue weighted by Crippen LogP contribution is 2.15. The van der Waals surface area contributed by atoms with E-state index in [-0.39, 0.29) is 10.8 Å². The number of terminal acetylenes is 1. The number of hydrogen-bond donors (Lipinski definition) is 1. The molecule has 0 amide bonds. The maximum Gasteiger partial charge on any atom is 0.136 e. The summed E-state index contributed by atoms with van der Waals surface area (Å²) in [5.74, 6) is 2.90. The van der Waals surface area contributed by atoms with E-state index in [2.05, 4.69) is 10.6 Å². The van der Waals surface area contributed by atoms with Crippen LogP contribution in [-0.4, -0.2) is 15.3 Å². The quantitative estimate of drug-likeness (QED) is 0.557. The minimum Gasteiger partial charge on any atom is -0.598 e. The van der Waals surface area contributed by atoms with Gasteiger partial charge in [0.15, 0.2) is 0 Å². The first-order valence-corrected chi connectivity index (χ1v) is 5.58. The Kier molecular flexibility index (Phi) is 4.83. The first-order chi connectivity index (χ1) is 5.79. The van der Waals surface area contributed by atoms with Gasteiger partial charge < -0.3 is 4.55 Å². The van der Waals surface area contributed by atoms with E-state index < -0.39 is 11.4 Å². The van der Waals surface area contributed by atoms with Crippen molar-refractivity contribution in [3.05, 3.63) is 0 Å². The molecule has 0 aromatic rings. The fourth-order valence-corrected chi connectivity index (χ4v) is 1.58. The van der Waals surface area contributed by atoms with Crippen LogP contribution in [0.15, 0.2) is 0 Å². The third kappa shape index (κ3) is 4.56. The molecule has 0 heterocycles. The van der Waals surface area contributed by atoms with Crippen molar-refractivity contribution in [3.63, 3.8) is 0 Å². The fraction of sp³-hybridized carbons (Fsp3) is 0.800. The molecular weight excluding hydrogens is 182 g/mol. The Bertz CT molecular complexity index is 190. The molecule has 0 radical (unpaired) electrons. The van der Waals surface area contributed by atoms with E-state index in [0.717, 1.165) is 0 Å². The molecule has 0 aromatic heterocycles. The van der Waals surface area contributed by atoms with Crippen LogP contribution in [0.5, 0.6) is 0 Å². The van der Waals surface area contributed by atoms with Gasteiger partial charge in [-0.15, -0.1) is 11.1 Å². The van der Waals surface area contributed by atoms with Crippen molar-refractivity contribution >= 4 is 11.4 Å². The SMILES string of the molecule is C#C[C@@H](N[S+]([O-])C(C)(C)C)C(C)C. The van der Waals surface area contributed by atoms with Crippen LogP contribution in [0.1, 0.15) is 34.6 Å². The van der Waals surface area contributed by atoms with Crippen LogP contribution in [0.2, 0.25) is 0 Å². The molecule has 3 heteroatoms. The van der Waals surface area contributed by atoms with Crippen molar-refractivity contribution in [1.29, 1.82) is 0 Å². The second kappa shape index (κ2) is 4.90. The second-order valence-corrected chi connectivity index (χ2v) is 6.39. The highest BCUT2D eigenvalue weighted by Gasteiger charge is 2.29. The second-order valence-electron chi connectivity index (χ2n) is 4.39. The zero-order valence-electron chi connectivity index (χ0n) is 9.05. The first kappa shape index (κ1) is 12.8. The van der Waals surface area contributed by atoms with Gasteiger partial charge in [0.05, 0.1) is 0 Å². The molecule has 0 aliphatic carbocycles. The molecule has 0 aromatic carbocycles. The molecule has 0 saturated carbocycles. The number of rotatable bonds is 3. The molecule has 0 saturated heterocycles. The van der Waals surface area contributed by atoms with Crippen molar-refractivity contribution in [2.24, 2.45) is 5.92 Å². The van der Waals surface area contributed by atoms with Gasteiger partial charge >= 0.3 is 0 Å². The smallest absolute Gasteiger partial charge is 0.136 e. The maximum atomic E-state index is 11.6. The lowest BCUT2D eigenvalue weighted by Gasteiger charge is -2.27. The summed E-state index contributed by atoms with van der Waals surface area (Å²) in [5.41, 5.74) is 0. The average Bonchev–Trinajstić information content (AvgIpc) is 1.96. The summed E-state index contributed by atoms with van der Waals surface area (Å²) in [6.07, 6.45) is 5.32. The van der Waals surface area contributed by atoms with E-state index in [0.29, 0.717) is 5.92 Å². The Labute approximate surface area is 84.8 Å². The van der Waals surface area contributed by atoms with E-state index >= 15 is 0 Å².